The van der Waals surface area contributed by atoms with E-state index in [4.69, 9.17) is 4.74 Å². The summed E-state index contributed by atoms with van der Waals surface area (Å²) in [7, 11) is 0. The molecule has 1 atom stereocenters. The number of carbonyl (C=O) groups excluding carboxylic acids is 1. The average Bonchev–Trinajstić information content (AvgIpc) is 2.65. The fourth-order valence-electron chi connectivity index (χ4n) is 2.68. The van der Waals surface area contributed by atoms with Gasteiger partial charge in [0.05, 0.1) is 13.2 Å². The first-order valence-corrected chi connectivity index (χ1v) is 7.67. The lowest BCUT2D eigenvalue weighted by Gasteiger charge is -2.19. The molecule has 0 spiro atoms. The summed E-state index contributed by atoms with van der Waals surface area (Å²) in [4.78, 5) is 14.6. The van der Waals surface area contributed by atoms with Crippen molar-refractivity contribution >= 4 is 5.78 Å². The van der Waals surface area contributed by atoms with Gasteiger partial charge in [-0.2, -0.15) is 0 Å². The lowest BCUT2D eigenvalue weighted by molar-refractivity contribution is 0.0932. The van der Waals surface area contributed by atoms with Crippen molar-refractivity contribution in [3.05, 3.63) is 29.8 Å². The van der Waals surface area contributed by atoms with Crippen LogP contribution in [-0.2, 0) is 0 Å². The molecule has 1 unspecified atom stereocenters. The van der Waals surface area contributed by atoms with E-state index in [2.05, 4.69) is 11.8 Å². The zero-order valence-corrected chi connectivity index (χ0v) is 12.6. The lowest BCUT2D eigenvalue weighted by atomic mass is 10.0. The number of Topliss-reactive ketones (excluding diaryl/α,β-unsaturated/α-hetero) is 1. The molecule has 0 aliphatic carbocycles. The van der Waals surface area contributed by atoms with Crippen LogP contribution in [0.5, 0.6) is 5.75 Å². The maximum atomic E-state index is 12.3. The molecule has 0 N–H and O–H groups in total. The summed E-state index contributed by atoms with van der Waals surface area (Å²) in [5.41, 5.74) is 0.783. The van der Waals surface area contributed by atoms with Gasteiger partial charge in [0.25, 0.3) is 0 Å². The summed E-state index contributed by atoms with van der Waals surface area (Å²) in [6, 6.07) is 7.49. The van der Waals surface area contributed by atoms with Crippen LogP contribution in [-0.4, -0.2) is 36.9 Å². The molecule has 1 fully saturated rings. The normalized spacial score (nSPS) is 20.4. The maximum Gasteiger partial charge on any atom is 0.176 e. The third-order valence-electron chi connectivity index (χ3n) is 3.96. The summed E-state index contributed by atoms with van der Waals surface area (Å²) < 4.78 is 5.40. The SMILES string of the molecule is CCOc1ccc(C(=O)CN2CCCC(C)CC2)cc1. The lowest BCUT2D eigenvalue weighted by Crippen LogP contribution is -2.30. The van der Waals surface area contributed by atoms with Crippen LogP contribution in [0.25, 0.3) is 0 Å². The van der Waals surface area contributed by atoms with Crippen LogP contribution in [0.4, 0.5) is 0 Å². The van der Waals surface area contributed by atoms with Gasteiger partial charge in [-0.1, -0.05) is 6.92 Å². The second-order valence-corrected chi connectivity index (χ2v) is 5.69. The smallest absolute Gasteiger partial charge is 0.176 e. The number of carbonyl (C=O) groups is 1. The predicted molar refractivity (Wildman–Crippen MR) is 81.4 cm³/mol. The Labute approximate surface area is 121 Å². The number of nitrogens with zero attached hydrogens (tertiary/aromatic N) is 1. The molecule has 2 rings (SSSR count). The number of hydrogen-bond donors (Lipinski definition) is 0. The summed E-state index contributed by atoms with van der Waals surface area (Å²) in [6.45, 7) is 7.55. The summed E-state index contributed by atoms with van der Waals surface area (Å²) >= 11 is 0. The Bertz CT molecular complexity index is 427. The highest BCUT2D eigenvalue weighted by atomic mass is 16.5. The van der Waals surface area contributed by atoms with Gasteiger partial charge in [-0.05, 0) is 69.5 Å². The van der Waals surface area contributed by atoms with E-state index in [-0.39, 0.29) is 5.78 Å². The molecular weight excluding hydrogens is 250 g/mol. The Morgan fingerprint density at radius 1 is 1.25 bits per heavy atom. The van der Waals surface area contributed by atoms with Crippen molar-refractivity contribution in [1.82, 2.24) is 4.90 Å². The van der Waals surface area contributed by atoms with Gasteiger partial charge >= 0.3 is 0 Å². The largest absolute Gasteiger partial charge is 0.494 e. The molecule has 110 valence electrons. The molecule has 0 amide bonds. The molecule has 20 heavy (non-hydrogen) atoms. The number of ether oxygens (including phenoxy) is 1. The Kier molecular flexibility index (Phi) is 5.60. The first-order chi connectivity index (χ1) is 9.69. The van der Waals surface area contributed by atoms with Gasteiger partial charge in [0.15, 0.2) is 5.78 Å². The molecule has 1 aromatic carbocycles. The van der Waals surface area contributed by atoms with Crippen LogP contribution in [0.3, 0.4) is 0 Å². The fourth-order valence-corrected chi connectivity index (χ4v) is 2.68. The highest BCUT2D eigenvalue weighted by molar-refractivity contribution is 5.97. The minimum Gasteiger partial charge on any atom is -0.494 e. The Balaban J connectivity index is 1.90. The van der Waals surface area contributed by atoms with Gasteiger partial charge in [0.1, 0.15) is 5.75 Å². The standard InChI is InChI=1S/C17H25NO2/c1-3-20-16-8-6-15(7-9-16)17(19)13-18-11-4-5-14(2)10-12-18/h6-9,14H,3-5,10-13H2,1-2H3. The van der Waals surface area contributed by atoms with E-state index in [0.29, 0.717) is 13.2 Å². The van der Waals surface area contributed by atoms with Crippen LogP contribution >= 0.6 is 0 Å². The van der Waals surface area contributed by atoms with Gasteiger partial charge in [0.2, 0.25) is 0 Å². The van der Waals surface area contributed by atoms with Crippen LogP contribution in [0.15, 0.2) is 24.3 Å². The van der Waals surface area contributed by atoms with E-state index in [0.717, 1.165) is 30.3 Å². The molecule has 1 saturated heterocycles. The van der Waals surface area contributed by atoms with E-state index < -0.39 is 0 Å². The molecule has 1 aliphatic rings. The summed E-state index contributed by atoms with van der Waals surface area (Å²) in [5, 5.41) is 0. The van der Waals surface area contributed by atoms with Gasteiger partial charge in [-0.15, -0.1) is 0 Å². The molecule has 0 radical (unpaired) electrons. The number of benzene rings is 1. The molecule has 1 heterocycles. The van der Waals surface area contributed by atoms with E-state index in [1.807, 2.05) is 31.2 Å². The molecule has 0 bridgehead atoms. The second kappa shape index (κ2) is 7.44. The zero-order chi connectivity index (χ0) is 14.4. The molecule has 3 nitrogen and oxygen atoms in total. The molecular formula is C17H25NO2. The topological polar surface area (TPSA) is 29.5 Å². The molecule has 0 aromatic heterocycles. The Morgan fingerprint density at radius 3 is 2.70 bits per heavy atom. The second-order valence-electron chi connectivity index (χ2n) is 5.69. The van der Waals surface area contributed by atoms with E-state index in [1.165, 1.54) is 19.3 Å². The van der Waals surface area contributed by atoms with Crippen molar-refractivity contribution in [3.8, 4) is 5.75 Å². The molecule has 1 aromatic rings. The van der Waals surface area contributed by atoms with Crippen molar-refractivity contribution < 1.29 is 9.53 Å². The van der Waals surface area contributed by atoms with Crippen molar-refractivity contribution in [2.75, 3.05) is 26.2 Å². The Hall–Kier alpha value is -1.35. The van der Waals surface area contributed by atoms with E-state index in [9.17, 15) is 4.79 Å². The van der Waals surface area contributed by atoms with Crippen LogP contribution in [0.2, 0.25) is 0 Å². The monoisotopic (exact) mass is 275 g/mol. The van der Waals surface area contributed by atoms with Gasteiger partial charge < -0.3 is 4.74 Å². The zero-order valence-electron chi connectivity index (χ0n) is 12.6. The predicted octanol–water partition coefficient (Wildman–Crippen LogP) is 3.39. The number of hydrogen-bond acceptors (Lipinski definition) is 3. The summed E-state index contributed by atoms with van der Waals surface area (Å²) in [6.07, 6.45) is 3.70. The third-order valence-corrected chi connectivity index (χ3v) is 3.96. The van der Waals surface area contributed by atoms with Crippen molar-refractivity contribution in [2.24, 2.45) is 5.92 Å². The molecule has 0 saturated carbocycles. The van der Waals surface area contributed by atoms with Crippen molar-refractivity contribution in [3.63, 3.8) is 0 Å². The number of likely N-dealkylation sites (tertiary alicyclic amines) is 1. The van der Waals surface area contributed by atoms with Crippen molar-refractivity contribution in [1.29, 1.82) is 0 Å². The Morgan fingerprint density at radius 2 is 2.00 bits per heavy atom. The van der Waals surface area contributed by atoms with Crippen LogP contribution in [0.1, 0.15) is 43.5 Å². The van der Waals surface area contributed by atoms with Crippen LogP contribution < -0.4 is 4.74 Å². The first-order valence-electron chi connectivity index (χ1n) is 7.67. The van der Waals surface area contributed by atoms with Crippen molar-refractivity contribution in [2.45, 2.75) is 33.1 Å². The first kappa shape index (κ1) is 15.0. The van der Waals surface area contributed by atoms with E-state index in [1.54, 1.807) is 0 Å². The maximum absolute atomic E-state index is 12.3. The minimum atomic E-state index is 0.211. The third kappa shape index (κ3) is 4.34. The average molecular weight is 275 g/mol. The number of ketones is 1. The van der Waals surface area contributed by atoms with E-state index >= 15 is 0 Å². The quantitative estimate of drug-likeness (QED) is 0.771. The van der Waals surface area contributed by atoms with Crippen LogP contribution in [0, 0.1) is 5.92 Å². The molecule has 3 heteroatoms. The number of rotatable bonds is 5. The molecule has 1 aliphatic heterocycles. The van der Waals surface area contributed by atoms with Gasteiger partial charge in [-0.3, -0.25) is 9.69 Å². The minimum absolute atomic E-state index is 0.211. The van der Waals surface area contributed by atoms with Gasteiger partial charge in [-0.25, -0.2) is 0 Å². The highest BCUT2D eigenvalue weighted by Gasteiger charge is 2.17. The fraction of sp³-hybridized carbons (Fsp3) is 0.588. The van der Waals surface area contributed by atoms with Gasteiger partial charge in [0, 0.05) is 5.56 Å². The highest BCUT2D eigenvalue weighted by Crippen LogP contribution is 2.17. The summed E-state index contributed by atoms with van der Waals surface area (Å²) in [5.74, 6) is 1.83.